The van der Waals surface area contributed by atoms with Gasteiger partial charge >= 0.3 is 0 Å². The van der Waals surface area contributed by atoms with Crippen molar-refractivity contribution in [3.8, 4) is 0 Å². The molecule has 0 aromatic heterocycles. The van der Waals surface area contributed by atoms with Crippen molar-refractivity contribution in [2.24, 2.45) is 5.92 Å². The van der Waals surface area contributed by atoms with Gasteiger partial charge in [0.25, 0.3) is 11.6 Å². The lowest BCUT2D eigenvalue weighted by Gasteiger charge is -2.16. The molecule has 0 saturated carbocycles. The molecule has 0 radical (unpaired) electrons. The number of hydrazine groups is 1. The maximum atomic E-state index is 12.3. The molecule has 2 aromatic carbocycles. The summed E-state index contributed by atoms with van der Waals surface area (Å²) in [5.74, 6) is -2.05. The van der Waals surface area contributed by atoms with Gasteiger partial charge in [-0.2, -0.15) is 0 Å². The van der Waals surface area contributed by atoms with Crippen LogP contribution in [0.2, 0.25) is 5.02 Å². The molecule has 3 amide bonds. The minimum Gasteiger partial charge on any atom is -0.312 e. The highest BCUT2D eigenvalue weighted by molar-refractivity contribution is 6.33. The fraction of sp³-hybridized carbons (Fsp3) is 0.167. The van der Waals surface area contributed by atoms with Crippen LogP contribution in [0.4, 0.5) is 11.4 Å². The van der Waals surface area contributed by atoms with Gasteiger partial charge in [0.2, 0.25) is 11.8 Å². The monoisotopic (exact) mass is 402 g/mol. The summed E-state index contributed by atoms with van der Waals surface area (Å²) < 4.78 is 0. The predicted octanol–water partition coefficient (Wildman–Crippen LogP) is 2.06. The van der Waals surface area contributed by atoms with E-state index in [1.54, 1.807) is 18.2 Å². The molecule has 0 spiro atoms. The number of hydrogen-bond acceptors (Lipinski definition) is 5. The van der Waals surface area contributed by atoms with Crippen LogP contribution in [0.3, 0.4) is 0 Å². The number of non-ortho nitro benzene ring substituents is 1. The molecule has 0 aliphatic carbocycles. The van der Waals surface area contributed by atoms with Crippen molar-refractivity contribution >= 4 is 40.7 Å². The summed E-state index contributed by atoms with van der Waals surface area (Å²) in [7, 11) is 0. The van der Waals surface area contributed by atoms with Crippen LogP contribution in [0.25, 0.3) is 0 Å². The average molecular weight is 403 g/mol. The first-order chi connectivity index (χ1) is 13.4. The van der Waals surface area contributed by atoms with Gasteiger partial charge in [-0.1, -0.05) is 23.7 Å². The number of benzene rings is 2. The van der Waals surface area contributed by atoms with Crippen LogP contribution >= 0.6 is 11.6 Å². The number of amides is 3. The third-order valence-corrected chi connectivity index (χ3v) is 4.62. The van der Waals surface area contributed by atoms with E-state index in [1.165, 1.54) is 35.2 Å². The van der Waals surface area contributed by atoms with Crippen molar-refractivity contribution in [1.82, 2.24) is 10.9 Å². The normalized spacial score (nSPS) is 16.0. The Bertz CT molecular complexity index is 947. The molecule has 1 fully saturated rings. The molecule has 10 heteroatoms. The van der Waals surface area contributed by atoms with Crippen LogP contribution in [0.15, 0.2) is 48.5 Å². The Morgan fingerprint density at radius 2 is 1.79 bits per heavy atom. The minimum absolute atomic E-state index is 0.0369. The summed E-state index contributed by atoms with van der Waals surface area (Å²) in [6, 6.07) is 11.9. The molecule has 144 valence electrons. The minimum atomic E-state index is -0.672. The first-order valence-electron chi connectivity index (χ1n) is 8.26. The molecule has 0 unspecified atom stereocenters. The van der Waals surface area contributed by atoms with Crippen molar-refractivity contribution in [3.63, 3.8) is 0 Å². The number of hydrogen-bond donors (Lipinski definition) is 2. The Morgan fingerprint density at radius 3 is 2.43 bits per heavy atom. The quantitative estimate of drug-likeness (QED) is 0.598. The Morgan fingerprint density at radius 1 is 1.11 bits per heavy atom. The summed E-state index contributed by atoms with van der Waals surface area (Å²) in [4.78, 5) is 48.2. The number of nitrogens with one attached hydrogen (secondary N) is 2. The molecular formula is C18H15ClN4O5. The molecule has 1 saturated heterocycles. The largest absolute Gasteiger partial charge is 0.312 e. The number of nitrogens with zero attached hydrogens (tertiary/aromatic N) is 2. The summed E-state index contributed by atoms with van der Waals surface area (Å²) in [5.41, 5.74) is 5.16. The van der Waals surface area contributed by atoms with Gasteiger partial charge in [0.1, 0.15) is 0 Å². The highest BCUT2D eigenvalue weighted by Crippen LogP contribution is 2.26. The molecule has 2 N–H and O–H groups in total. The van der Waals surface area contributed by atoms with E-state index in [4.69, 9.17) is 11.6 Å². The van der Waals surface area contributed by atoms with Crippen LogP contribution in [-0.4, -0.2) is 29.2 Å². The van der Waals surface area contributed by atoms with Gasteiger partial charge in [-0.05, 0) is 24.3 Å². The topological polar surface area (TPSA) is 122 Å². The summed E-state index contributed by atoms with van der Waals surface area (Å²) >= 11 is 5.93. The maximum Gasteiger partial charge on any atom is 0.271 e. The lowest BCUT2D eigenvalue weighted by molar-refractivity contribution is -0.384. The van der Waals surface area contributed by atoms with E-state index in [-0.39, 0.29) is 35.1 Å². The van der Waals surface area contributed by atoms with Gasteiger partial charge in [0.15, 0.2) is 0 Å². The van der Waals surface area contributed by atoms with Crippen LogP contribution in [0.1, 0.15) is 16.8 Å². The Labute approximate surface area is 164 Å². The zero-order valence-corrected chi connectivity index (χ0v) is 15.2. The van der Waals surface area contributed by atoms with Gasteiger partial charge < -0.3 is 4.90 Å². The zero-order valence-electron chi connectivity index (χ0n) is 14.4. The van der Waals surface area contributed by atoms with Crippen molar-refractivity contribution < 1.29 is 19.3 Å². The van der Waals surface area contributed by atoms with Crippen LogP contribution in [0.5, 0.6) is 0 Å². The van der Waals surface area contributed by atoms with E-state index in [1.807, 2.05) is 0 Å². The lowest BCUT2D eigenvalue weighted by Crippen LogP contribution is -2.45. The number of carbonyl (C=O) groups is 3. The van der Waals surface area contributed by atoms with E-state index in [2.05, 4.69) is 10.9 Å². The van der Waals surface area contributed by atoms with Gasteiger partial charge in [-0.3, -0.25) is 35.3 Å². The fourth-order valence-corrected chi connectivity index (χ4v) is 3.04. The molecule has 3 rings (SSSR count). The van der Waals surface area contributed by atoms with Crippen molar-refractivity contribution in [3.05, 3.63) is 69.2 Å². The third kappa shape index (κ3) is 4.09. The van der Waals surface area contributed by atoms with E-state index < -0.39 is 22.7 Å². The lowest BCUT2D eigenvalue weighted by atomic mass is 10.1. The van der Waals surface area contributed by atoms with E-state index in [0.717, 1.165) is 0 Å². The first-order valence-corrected chi connectivity index (χ1v) is 8.64. The molecule has 9 nitrogen and oxygen atoms in total. The smallest absolute Gasteiger partial charge is 0.271 e. The van der Waals surface area contributed by atoms with Gasteiger partial charge in [0.05, 0.1) is 21.4 Å². The number of anilines is 1. The summed E-state index contributed by atoms with van der Waals surface area (Å²) in [6.07, 6.45) is -0.0369. The Hall–Kier alpha value is -3.46. The van der Waals surface area contributed by atoms with Crippen LogP contribution < -0.4 is 15.8 Å². The summed E-state index contributed by atoms with van der Waals surface area (Å²) in [6.45, 7) is 0.102. The highest BCUT2D eigenvalue weighted by atomic mass is 35.5. The predicted molar refractivity (Wildman–Crippen MR) is 101 cm³/mol. The average Bonchev–Trinajstić information content (AvgIpc) is 3.08. The molecular weight excluding hydrogens is 388 g/mol. The Kier molecular flexibility index (Phi) is 5.55. The van der Waals surface area contributed by atoms with Gasteiger partial charge in [-0.15, -0.1) is 0 Å². The van der Waals surface area contributed by atoms with E-state index >= 15 is 0 Å². The standard InChI is InChI=1S/C18H15ClN4O5/c19-15-4-2-1-3-14(15)18(26)21-20-17(25)11-9-16(24)22(10-11)12-5-7-13(8-6-12)23(27)28/h1-8,11H,9-10H2,(H,20,25)(H,21,26)/t11-/m1/s1. The second kappa shape index (κ2) is 8.05. The van der Waals surface area contributed by atoms with Gasteiger partial charge in [0, 0.05) is 30.8 Å². The number of nitro benzene ring substituents is 1. The van der Waals surface area contributed by atoms with Gasteiger partial charge in [-0.25, -0.2) is 0 Å². The van der Waals surface area contributed by atoms with Crippen LogP contribution in [0, 0.1) is 16.0 Å². The molecule has 1 heterocycles. The van der Waals surface area contributed by atoms with Crippen molar-refractivity contribution in [2.75, 3.05) is 11.4 Å². The molecule has 2 aromatic rings. The zero-order chi connectivity index (χ0) is 20.3. The second-order valence-corrected chi connectivity index (χ2v) is 6.51. The molecule has 1 aliphatic heterocycles. The number of halogens is 1. The number of rotatable bonds is 4. The fourth-order valence-electron chi connectivity index (χ4n) is 2.82. The third-order valence-electron chi connectivity index (χ3n) is 4.29. The van der Waals surface area contributed by atoms with E-state index in [0.29, 0.717) is 5.69 Å². The summed E-state index contributed by atoms with van der Waals surface area (Å²) in [5, 5.41) is 11.0. The first kappa shape index (κ1) is 19.3. The number of nitro groups is 1. The molecule has 1 aliphatic rings. The van der Waals surface area contributed by atoms with Crippen molar-refractivity contribution in [1.29, 1.82) is 0 Å². The molecule has 28 heavy (non-hydrogen) atoms. The molecule has 0 bridgehead atoms. The van der Waals surface area contributed by atoms with Crippen LogP contribution in [-0.2, 0) is 9.59 Å². The Balaban J connectivity index is 1.60. The maximum absolute atomic E-state index is 12.3. The highest BCUT2D eigenvalue weighted by Gasteiger charge is 2.35. The van der Waals surface area contributed by atoms with E-state index in [9.17, 15) is 24.5 Å². The second-order valence-electron chi connectivity index (χ2n) is 6.10. The molecule has 1 atom stereocenters. The number of carbonyl (C=O) groups excluding carboxylic acids is 3. The van der Waals surface area contributed by atoms with Crippen molar-refractivity contribution in [2.45, 2.75) is 6.42 Å². The SMILES string of the molecule is O=C(NNC(=O)[C@@H]1CC(=O)N(c2ccc([N+](=O)[O-])cc2)C1)c1ccccc1Cl.